The molecule has 1 heterocycles. The van der Waals surface area contributed by atoms with Crippen molar-refractivity contribution in [2.45, 2.75) is 37.5 Å². The molecule has 1 saturated heterocycles. The molecule has 1 amide bonds. The van der Waals surface area contributed by atoms with Crippen LogP contribution in [0.3, 0.4) is 0 Å². The third-order valence-corrected chi connectivity index (χ3v) is 4.74. The van der Waals surface area contributed by atoms with Crippen molar-refractivity contribution in [2.24, 2.45) is 5.41 Å². The zero-order valence-corrected chi connectivity index (χ0v) is 13.2. The maximum atomic E-state index is 12.7. The van der Waals surface area contributed by atoms with Crippen LogP contribution in [0.2, 0.25) is 0 Å². The van der Waals surface area contributed by atoms with Crippen LogP contribution < -0.4 is 10.6 Å². The summed E-state index contributed by atoms with van der Waals surface area (Å²) in [5.74, 6) is 0.171. The minimum Gasteiger partial charge on any atom is -0.326 e. The highest BCUT2D eigenvalue weighted by Crippen LogP contribution is 2.33. The summed E-state index contributed by atoms with van der Waals surface area (Å²) in [4.78, 5) is 13.9. The third kappa shape index (κ3) is 3.55. The largest absolute Gasteiger partial charge is 0.326 e. The first-order valence-electron chi connectivity index (χ1n) is 7.36. The van der Waals surface area contributed by atoms with Crippen molar-refractivity contribution in [3.8, 4) is 0 Å². The van der Waals surface area contributed by atoms with Crippen LogP contribution >= 0.6 is 11.8 Å². The third-order valence-electron chi connectivity index (χ3n) is 4.01. The molecule has 2 rings (SSSR count). The molecule has 2 N–H and O–H groups in total. The van der Waals surface area contributed by atoms with E-state index in [4.69, 9.17) is 0 Å². The zero-order valence-electron chi connectivity index (χ0n) is 12.4. The van der Waals surface area contributed by atoms with Crippen molar-refractivity contribution in [1.29, 1.82) is 0 Å². The highest BCUT2D eigenvalue weighted by atomic mass is 32.2. The fourth-order valence-corrected chi connectivity index (χ4v) is 3.39. The topological polar surface area (TPSA) is 41.1 Å². The number of rotatable bonds is 5. The molecule has 1 aromatic rings. The summed E-state index contributed by atoms with van der Waals surface area (Å²) < 4.78 is 0. The highest BCUT2D eigenvalue weighted by Gasteiger charge is 2.38. The number of carbonyl (C=O) groups excluding carboxylic acids is 1. The molecule has 1 unspecified atom stereocenters. The molecule has 1 aromatic carbocycles. The van der Waals surface area contributed by atoms with Crippen LogP contribution in [0.15, 0.2) is 29.2 Å². The lowest BCUT2D eigenvalue weighted by molar-refractivity contribution is -0.127. The summed E-state index contributed by atoms with van der Waals surface area (Å²) in [6, 6.07) is 8.06. The number of hydrogen-bond donors (Lipinski definition) is 2. The lowest BCUT2D eigenvalue weighted by Gasteiger charge is -2.36. The smallest absolute Gasteiger partial charge is 0.231 e. The van der Waals surface area contributed by atoms with E-state index in [-0.39, 0.29) is 11.3 Å². The molecule has 0 bridgehead atoms. The number of amides is 1. The van der Waals surface area contributed by atoms with E-state index in [0.717, 1.165) is 44.5 Å². The predicted molar refractivity (Wildman–Crippen MR) is 86.3 cm³/mol. The van der Waals surface area contributed by atoms with E-state index >= 15 is 0 Å². The van der Waals surface area contributed by atoms with E-state index in [0.29, 0.717) is 0 Å². The van der Waals surface area contributed by atoms with Crippen molar-refractivity contribution in [2.75, 3.05) is 24.7 Å². The average molecular weight is 292 g/mol. The summed E-state index contributed by atoms with van der Waals surface area (Å²) >= 11 is 1.69. The Hall–Kier alpha value is -1.00. The Bertz CT molecular complexity index is 450. The molecule has 1 aliphatic heterocycles. The summed E-state index contributed by atoms with van der Waals surface area (Å²) in [5.41, 5.74) is 0.672. The first-order chi connectivity index (χ1) is 9.70. The number of benzene rings is 1. The second-order valence-electron chi connectivity index (χ2n) is 5.50. The molecule has 20 heavy (non-hydrogen) atoms. The maximum absolute atomic E-state index is 12.7. The Morgan fingerprint density at radius 3 is 3.00 bits per heavy atom. The van der Waals surface area contributed by atoms with Gasteiger partial charge in [-0.3, -0.25) is 4.79 Å². The quantitative estimate of drug-likeness (QED) is 0.816. The maximum Gasteiger partial charge on any atom is 0.231 e. The van der Waals surface area contributed by atoms with E-state index in [1.165, 1.54) is 4.90 Å². The second-order valence-corrected chi connectivity index (χ2v) is 6.38. The van der Waals surface area contributed by atoms with Crippen molar-refractivity contribution < 1.29 is 4.79 Å². The fourth-order valence-electron chi connectivity index (χ4n) is 2.93. The normalized spacial score (nSPS) is 22.5. The van der Waals surface area contributed by atoms with Gasteiger partial charge in [-0.1, -0.05) is 19.4 Å². The van der Waals surface area contributed by atoms with Crippen molar-refractivity contribution in [3.05, 3.63) is 24.3 Å². The number of hydrogen-bond acceptors (Lipinski definition) is 3. The van der Waals surface area contributed by atoms with Gasteiger partial charge in [0, 0.05) is 17.1 Å². The molecule has 3 nitrogen and oxygen atoms in total. The van der Waals surface area contributed by atoms with Crippen LogP contribution in [0.1, 0.15) is 32.6 Å². The van der Waals surface area contributed by atoms with E-state index in [2.05, 4.69) is 23.6 Å². The van der Waals surface area contributed by atoms with Crippen LogP contribution in [0.4, 0.5) is 5.69 Å². The lowest BCUT2D eigenvalue weighted by atomic mass is 9.76. The van der Waals surface area contributed by atoms with Gasteiger partial charge in [-0.05, 0) is 50.3 Å². The van der Waals surface area contributed by atoms with Crippen molar-refractivity contribution >= 4 is 23.4 Å². The Kier molecular flexibility index (Phi) is 5.49. The van der Waals surface area contributed by atoms with Gasteiger partial charge in [-0.2, -0.15) is 0 Å². The fraction of sp³-hybridized carbons (Fsp3) is 0.562. The summed E-state index contributed by atoms with van der Waals surface area (Å²) in [7, 11) is 0. The van der Waals surface area contributed by atoms with Gasteiger partial charge in [-0.15, -0.1) is 11.8 Å². The molecule has 1 fully saturated rings. The Morgan fingerprint density at radius 1 is 1.50 bits per heavy atom. The van der Waals surface area contributed by atoms with Gasteiger partial charge in [0.25, 0.3) is 0 Å². The Morgan fingerprint density at radius 2 is 2.35 bits per heavy atom. The predicted octanol–water partition coefficient (Wildman–Crippen LogP) is 3.52. The van der Waals surface area contributed by atoms with E-state index in [9.17, 15) is 4.79 Å². The van der Waals surface area contributed by atoms with Crippen LogP contribution in [0.25, 0.3) is 0 Å². The molecular formula is C16H24N2OS. The lowest BCUT2D eigenvalue weighted by Crippen LogP contribution is -2.48. The van der Waals surface area contributed by atoms with Gasteiger partial charge in [0.05, 0.1) is 5.41 Å². The zero-order chi connectivity index (χ0) is 14.4. The molecule has 0 saturated carbocycles. The Balaban J connectivity index is 2.11. The van der Waals surface area contributed by atoms with E-state index < -0.39 is 0 Å². The summed E-state index contributed by atoms with van der Waals surface area (Å²) in [6.45, 7) is 3.98. The van der Waals surface area contributed by atoms with Crippen LogP contribution in [-0.4, -0.2) is 25.3 Å². The molecule has 1 atom stereocenters. The second kappa shape index (κ2) is 7.14. The molecule has 4 heteroatoms. The van der Waals surface area contributed by atoms with Crippen LogP contribution in [-0.2, 0) is 4.79 Å². The van der Waals surface area contributed by atoms with E-state index in [1.807, 2.05) is 24.5 Å². The van der Waals surface area contributed by atoms with Gasteiger partial charge in [0.1, 0.15) is 0 Å². The molecule has 0 spiro atoms. The first kappa shape index (κ1) is 15.4. The number of thioether (sulfide) groups is 1. The van der Waals surface area contributed by atoms with Gasteiger partial charge in [0.2, 0.25) is 5.91 Å². The van der Waals surface area contributed by atoms with Crippen LogP contribution in [0, 0.1) is 5.41 Å². The molecule has 110 valence electrons. The van der Waals surface area contributed by atoms with Gasteiger partial charge in [-0.25, -0.2) is 0 Å². The number of piperidine rings is 1. The van der Waals surface area contributed by atoms with Gasteiger partial charge >= 0.3 is 0 Å². The van der Waals surface area contributed by atoms with E-state index in [1.54, 1.807) is 11.8 Å². The highest BCUT2D eigenvalue weighted by molar-refractivity contribution is 7.98. The summed E-state index contributed by atoms with van der Waals surface area (Å²) in [6.07, 6.45) is 6.11. The number of carbonyl (C=O) groups is 1. The molecule has 0 radical (unpaired) electrons. The molecular weight excluding hydrogens is 268 g/mol. The van der Waals surface area contributed by atoms with Crippen molar-refractivity contribution in [3.63, 3.8) is 0 Å². The summed E-state index contributed by atoms with van der Waals surface area (Å²) in [5, 5.41) is 6.50. The molecule has 1 aliphatic rings. The minimum atomic E-state index is -0.234. The number of nitrogens with one attached hydrogen (secondary N) is 2. The van der Waals surface area contributed by atoms with Crippen molar-refractivity contribution in [1.82, 2.24) is 5.32 Å². The minimum absolute atomic E-state index is 0.171. The molecule has 0 aromatic heterocycles. The average Bonchev–Trinajstić information content (AvgIpc) is 2.48. The standard InChI is InChI=1S/C16H24N2OS/c1-3-8-16(9-5-10-17-12-16)15(19)18-13-6-4-7-14(11-13)20-2/h4,6-7,11,17H,3,5,8-10,12H2,1-2H3,(H,18,19). The first-order valence-corrected chi connectivity index (χ1v) is 8.59. The SMILES string of the molecule is CCCC1(C(=O)Nc2cccc(SC)c2)CCCNC1. The molecule has 0 aliphatic carbocycles. The van der Waals surface area contributed by atoms with Crippen LogP contribution in [0.5, 0.6) is 0 Å². The number of anilines is 1. The Labute approximate surface area is 125 Å². The monoisotopic (exact) mass is 292 g/mol. The van der Waals surface area contributed by atoms with Gasteiger partial charge < -0.3 is 10.6 Å². The van der Waals surface area contributed by atoms with Gasteiger partial charge in [0.15, 0.2) is 0 Å².